The largest absolute Gasteiger partial charge is 0.495 e. The zero-order chi connectivity index (χ0) is 24.9. The smallest absolute Gasteiger partial charge is 0.344 e. The summed E-state index contributed by atoms with van der Waals surface area (Å²) >= 11 is 0. The molecule has 0 bridgehead atoms. The Labute approximate surface area is 207 Å². The first-order chi connectivity index (χ1) is 17.6. The van der Waals surface area contributed by atoms with Crippen LogP contribution in [-0.4, -0.2) is 13.0 Å². The number of nitrogens with one attached hydrogen (secondary N) is 1. The van der Waals surface area contributed by atoms with E-state index in [2.05, 4.69) is 5.32 Å². The lowest BCUT2D eigenvalue weighted by Gasteiger charge is -2.13. The molecular formula is C30H23NO5. The van der Waals surface area contributed by atoms with Crippen LogP contribution in [0.25, 0.3) is 22.1 Å². The van der Waals surface area contributed by atoms with Gasteiger partial charge in [-0.2, -0.15) is 0 Å². The summed E-state index contributed by atoms with van der Waals surface area (Å²) in [6.45, 7) is 0.444. The van der Waals surface area contributed by atoms with Crippen molar-refractivity contribution in [1.82, 2.24) is 0 Å². The molecule has 0 aliphatic carbocycles. The van der Waals surface area contributed by atoms with Gasteiger partial charge in [-0.3, -0.25) is 4.79 Å². The molecule has 0 fully saturated rings. The molecule has 0 aliphatic rings. The van der Waals surface area contributed by atoms with Gasteiger partial charge >= 0.3 is 5.63 Å². The maximum Gasteiger partial charge on any atom is 0.344 e. The van der Waals surface area contributed by atoms with Crippen LogP contribution >= 0.6 is 0 Å². The average Bonchev–Trinajstić information content (AvgIpc) is 2.92. The number of hydrogen-bond donors (Lipinski definition) is 1. The number of fused-ring (bicyclic) bond motifs is 1. The van der Waals surface area contributed by atoms with E-state index in [1.54, 1.807) is 54.6 Å². The molecule has 178 valence electrons. The number of hydrogen-bond acceptors (Lipinski definition) is 5. The summed E-state index contributed by atoms with van der Waals surface area (Å²) < 4.78 is 16.7. The van der Waals surface area contributed by atoms with Gasteiger partial charge in [-0.05, 0) is 59.7 Å². The van der Waals surface area contributed by atoms with Gasteiger partial charge in [-0.25, -0.2) is 4.79 Å². The minimum atomic E-state index is -0.456. The minimum absolute atomic E-state index is 0.314. The highest BCUT2D eigenvalue weighted by molar-refractivity contribution is 6.05. The second-order valence-electron chi connectivity index (χ2n) is 8.15. The van der Waals surface area contributed by atoms with E-state index in [4.69, 9.17) is 13.9 Å². The van der Waals surface area contributed by atoms with Crippen LogP contribution < -0.4 is 20.4 Å². The molecule has 1 amide bonds. The Kier molecular flexibility index (Phi) is 6.49. The van der Waals surface area contributed by atoms with Crippen molar-refractivity contribution in [2.24, 2.45) is 0 Å². The summed E-state index contributed by atoms with van der Waals surface area (Å²) in [5, 5.41) is 3.69. The number of carbonyl (C=O) groups is 1. The lowest BCUT2D eigenvalue weighted by atomic mass is 10.0. The molecule has 0 atom stereocenters. The molecule has 36 heavy (non-hydrogen) atoms. The number of benzene rings is 4. The molecule has 0 aliphatic heterocycles. The first kappa shape index (κ1) is 22.9. The number of carbonyl (C=O) groups excluding carboxylic acids is 1. The Hall–Kier alpha value is -4.84. The van der Waals surface area contributed by atoms with Crippen LogP contribution in [0.3, 0.4) is 0 Å². The van der Waals surface area contributed by atoms with Crippen molar-refractivity contribution in [2.75, 3.05) is 12.4 Å². The van der Waals surface area contributed by atoms with Gasteiger partial charge in [0, 0.05) is 10.9 Å². The molecular weight excluding hydrogens is 454 g/mol. The second-order valence-corrected chi connectivity index (χ2v) is 8.15. The fourth-order valence-corrected chi connectivity index (χ4v) is 3.87. The molecule has 0 saturated heterocycles. The van der Waals surface area contributed by atoms with E-state index in [0.717, 1.165) is 10.9 Å². The Morgan fingerprint density at radius 1 is 0.861 bits per heavy atom. The molecule has 0 spiro atoms. The van der Waals surface area contributed by atoms with Crippen LogP contribution in [0.1, 0.15) is 15.9 Å². The van der Waals surface area contributed by atoms with Crippen LogP contribution in [0.5, 0.6) is 11.5 Å². The molecule has 1 aromatic heterocycles. The van der Waals surface area contributed by atoms with Crippen LogP contribution in [0.2, 0.25) is 0 Å². The molecule has 0 unspecified atom stereocenters. The molecule has 4 aromatic carbocycles. The normalized spacial score (nSPS) is 10.7. The van der Waals surface area contributed by atoms with Crippen molar-refractivity contribution in [1.29, 1.82) is 0 Å². The highest BCUT2D eigenvalue weighted by atomic mass is 16.5. The van der Waals surface area contributed by atoms with Crippen LogP contribution in [0.15, 0.2) is 112 Å². The average molecular weight is 478 g/mol. The third-order valence-electron chi connectivity index (χ3n) is 5.76. The Balaban J connectivity index is 1.35. The number of anilines is 1. The van der Waals surface area contributed by atoms with Crippen molar-refractivity contribution in [3.8, 4) is 22.6 Å². The van der Waals surface area contributed by atoms with E-state index >= 15 is 0 Å². The maximum absolute atomic E-state index is 13.0. The van der Waals surface area contributed by atoms with E-state index in [1.807, 2.05) is 48.5 Å². The van der Waals surface area contributed by atoms with E-state index < -0.39 is 5.63 Å². The van der Waals surface area contributed by atoms with Crippen LogP contribution in [-0.2, 0) is 6.61 Å². The summed E-state index contributed by atoms with van der Waals surface area (Å²) in [7, 11) is 1.52. The Bertz CT molecular complexity index is 1570. The monoisotopic (exact) mass is 477 g/mol. The third kappa shape index (κ3) is 4.98. The summed E-state index contributed by atoms with van der Waals surface area (Å²) in [6.07, 6.45) is 0. The molecule has 5 rings (SSSR count). The van der Waals surface area contributed by atoms with Gasteiger partial charge in [0.15, 0.2) is 0 Å². The van der Waals surface area contributed by atoms with E-state index in [-0.39, 0.29) is 5.91 Å². The Morgan fingerprint density at radius 2 is 1.61 bits per heavy atom. The Morgan fingerprint density at radius 3 is 2.39 bits per heavy atom. The van der Waals surface area contributed by atoms with Crippen molar-refractivity contribution < 1.29 is 18.7 Å². The molecule has 0 saturated carbocycles. The maximum atomic E-state index is 13.0. The molecule has 0 radical (unpaired) electrons. The van der Waals surface area contributed by atoms with Gasteiger partial charge in [-0.15, -0.1) is 0 Å². The van der Waals surface area contributed by atoms with Gasteiger partial charge in [0.25, 0.3) is 5.91 Å². The minimum Gasteiger partial charge on any atom is -0.495 e. The third-order valence-corrected chi connectivity index (χ3v) is 5.76. The number of methoxy groups -OCH3 is 1. The van der Waals surface area contributed by atoms with Crippen molar-refractivity contribution in [3.05, 3.63) is 125 Å². The van der Waals surface area contributed by atoms with Gasteiger partial charge in [0.1, 0.15) is 23.7 Å². The van der Waals surface area contributed by atoms with Gasteiger partial charge < -0.3 is 19.2 Å². The first-order valence-electron chi connectivity index (χ1n) is 11.4. The number of ether oxygens (including phenoxy) is 2. The lowest BCUT2D eigenvalue weighted by molar-refractivity contribution is 0.102. The summed E-state index contributed by atoms with van der Waals surface area (Å²) in [5.74, 6) is 0.823. The van der Waals surface area contributed by atoms with E-state index in [9.17, 15) is 9.59 Å². The van der Waals surface area contributed by atoms with Crippen molar-refractivity contribution >= 4 is 22.6 Å². The van der Waals surface area contributed by atoms with Gasteiger partial charge in [0.2, 0.25) is 0 Å². The molecule has 1 N–H and O–H groups in total. The fourth-order valence-electron chi connectivity index (χ4n) is 3.87. The van der Waals surface area contributed by atoms with E-state index in [0.29, 0.717) is 46.1 Å². The lowest BCUT2D eigenvalue weighted by Crippen LogP contribution is -2.13. The molecule has 1 heterocycles. The topological polar surface area (TPSA) is 77.8 Å². The summed E-state index contributed by atoms with van der Waals surface area (Å²) in [5.41, 5.74) is 3.03. The quantitative estimate of drug-likeness (QED) is 0.278. The zero-order valence-corrected chi connectivity index (χ0v) is 19.6. The predicted molar refractivity (Wildman–Crippen MR) is 140 cm³/mol. The van der Waals surface area contributed by atoms with Crippen LogP contribution in [0.4, 0.5) is 5.69 Å². The highest BCUT2D eigenvalue weighted by Crippen LogP contribution is 2.31. The molecule has 5 aromatic rings. The van der Waals surface area contributed by atoms with Gasteiger partial charge in [-0.1, -0.05) is 54.6 Å². The second kappa shape index (κ2) is 10.2. The van der Waals surface area contributed by atoms with Gasteiger partial charge in [0.05, 0.1) is 18.4 Å². The SMILES string of the molecule is COc1ccc(-c2cc3ccccc3oc2=O)cc1NC(=O)c1ccc(OCc2ccccc2)cc1. The summed E-state index contributed by atoms with van der Waals surface area (Å²) in [4.78, 5) is 25.6. The van der Waals surface area contributed by atoms with E-state index in [1.165, 1.54) is 7.11 Å². The number of rotatable bonds is 7. The number of amides is 1. The highest BCUT2D eigenvalue weighted by Gasteiger charge is 2.14. The molecule has 6 heteroatoms. The van der Waals surface area contributed by atoms with Crippen molar-refractivity contribution in [2.45, 2.75) is 6.61 Å². The standard InChI is InChI=1S/C30H23NO5/c1-34-28-16-13-22(25-17-23-9-5-6-10-27(23)36-30(25)33)18-26(28)31-29(32)21-11-14-24(15-12-21)35-19-20-7-3-2-4-8-20/h2-18H,19H2,1H3,(H,31,32). The first-order valence-corrected chi connectivity index (χ1v) is 11.4. The predicted octanol–water partition coefficient (Wildman–Crippen LogP) is 6.30. The summed E-state index contributed by atoms with van der Waals surface area (Å²) in [6, 6.07) is 31.0. The fraction of sp³-hybridized carbons (Fsp3) is 0.0667. The van der Waals surface area contributed by atoms with Crippen LogP contribution in [0, 0.1) is 0 Å². The molecule has 6 nitrogen and oxygen atoms in total. The zero-order valence-electron chi connectivity index (χ0n) is 19.6. The van der Waals surface area contributed by atoms with Crippen molar-refractivity contribution in [3.63, 3.8) is 0 Å². The number of para-hydroxylation sites is 1.